The molecule has 0 unspecified atom stereocenters. The number of hydrogen-bond donors (Lipinski definition) is 1. The number of rotatable bonds is 6. The molecule has 7 nitrogen and oxygen atoms in total. The Morgan fingerprint density at radius 2 is 1.81 bits per heavy atom. The Labute approximate surface area is 183 Å². The molecule has 3 rings (SSSR count). The molecule has 0 saturated heterocycles. The molecule has 31 heavy (non-hydrogen) atoms. The Morgan fingerprint density at radius 3 is 2.48 bits per heavy atom. The van der Waals surface area contributed by atoms with E-state index in [0.29, 0.717) is 33.0 Å². The van der Waals surface area contributed by atoms with Crippen LogP contribution in [0.4, 0.5) is 0 Å². The van der Waals surface area contributed by atoms with Crippen LogP contribution >= 0.6 is 11.6 Å². The van der Waals surface area contributed by atoms with Crippen molar-refractivity contribution < 1.29 is 19.1 Å². The highest BCUT2D eigenvalue weighted by atomic mass is 35.5. The summed E-state index contributed by atoms with van der Waals surface area (Å²) in [5.41, 5.74) is 4.16. The van der Waals surface area contributed by atoms with Crippen molar-refractivity contribution in [1.82, 2.24) is 5.43 Å². The van der Waals surface area contributed by atoms with Crippen molar-refractivity contribution in [3.05, 3.63) is 94.0 Å². The van der Waals surface area contributed by atoms with Crippen molar-refractivity contribution in [3.8, 4) is 17.6 Å². The Kier molecular flexibility index (Phi) is 6.99. The second kappa shape index (κ2) is 10.1. The second-order valence-electron chi connectivity index (χ2n) is 6.20. The largest absolute Gasteiger partial charge is 0.493 e. The van der Waals surface area contributed by atoms with Gasteiger partial charge in [0.25, 0.3) is 5.91 Å². The maximum Gasteiger partial charge on any atom is 0.343 e. The summed E-state index contributed by atoms with van der Waals surface area (Å²) >= 11 is 5.90. The Hall–Kier alpha value is -4.15. The van der Waals surface area contributed by atoms with Crippen molar-refractivity contribution in [2.75, 3.05) is 7.11 Å². The number of carbonyl (C=O) groups excluding carboxylic acids is 2. The fourth-order valence-electron chi connectivity index (χ4n) is 2.55. The number of methoxy groups -OCH3 is 1. The van der Waals surface area contributed by atoms with E-state index in [1.54, 1.807) is 48.5 Å². The first-order chi connectivity index (χ1) is 15.0. The van der Waals surface area contributed by atoms with Crippen LogP contribution in [-0.4, -0.2) is 25.2 Å². The van der Waals surface area contributed by atoms with Crippen molar-refractivity contribution in [2.24, 2.45) is 5.10 Å². The number of nitrogens with one attached hydrogen (secondary N) is 1. The van der Waals surface area contributed by atoms with Crippen LogP contribution in [0, 0.1) is 11.3 Å². The second-order valence-corrected chi connectivity index (χ2v) is 6.63. The molecule has 1 N–H and O–H groups in total. The van der Waals surface area contributed by atoms with Crippen LogP contribution in [0.15, 0.2) is 71.8 Å². The molecular weight excluding hydrogens is 418 g/mol. The molecule has 0 aliphatic carbocycles. The summed E-state index contributed by atoms with van der Waals surface area (Å²) in [5.74, 6) is -0.444. The fraction of sp³-hybridized carbons (Fsp3) is 0.0435. The molecule has 0 radical (unpaired) electrons. The third-order valence-corrected chi connectivity index (χ3v) is 4.34. The van der Waals surface area contributed by atoms with E-state index < -0.39 is 11.9 Å². The number of nitrogens with zero attached hydrogens (tertiary/aromatic N) is 2. The highest BCUT2D eigenvalue weighted by Gasteiger charge is 2.13. The van der Waals surface area contributed by atoms with Crippen molar-refractivity contribution >= 4 is 29.7 Å². The van der Waals surface area contributed by atoms with Gasteiger partial charge in [-0.1, -0.05) is 17.7 Å². The molecule has 3 aromatic carbocycles. The zero-order valence-corrected chi connectivity index (χ0v) is 17.1. The summed E-state index contributed by atoms with van der Waals surface area (Å²) < 4.78 is 10.7. The van der Waals surface area contributed by atoms with Gasteiger partial charge in [0.1, 0.15) is 0 Å². The highest BCUT2D eigenvalue weighted by molar-refractivity contribution is 6.30. The Balaban J connectivity index is 1.67. The molecule has 8 heteroatoms. The summed E-state index contributed by atoms with van der Waals surface area (Å²) in [7, 11) is 1.44. The summed E-state index contributed by atoms with van der Waals surface area (Å²) in [4.78, 5) is 24.4. The Morgan fingerprint density at radius 1 is 1.03 bits per heavy atom. The lowest BCUT2D eigenvalue weighted by Crippen LogP contribution is -2.17. The first-order valence-electron chi connectivity index (χ1n) is 8.99. The van der Waals surface area contributed by atoms with Crippen LogP contribution in [0.3, 0.4) is 0 Å². The van der Waals surface area contributed by atoms with Crippen molar-refractivity contribution in [1.29, 1.82) is 5.26 Å². The molecule has 0 bridgehead atoms. The van der Waals surface area contributed by atoms with Crippen LogP contribution in [0.25, 0.3) is 0 Å². The number of esters is 1. The monoisotopic (exact) mass is 433 g/mol. The summed E-state index contributed by atoms with van der Waals surface area (Å²) in [6.45, 7) is 0. The number of benzene rings is 3. The number of halogens is 1. The van der Waals surface area contributed by atoms with Gasteiger partial charge in [-0.25, -0.2) is 10.2 Å². The van der Waals surface area contributed by atoms with Crippen LogP contribution < -0.4 is 14.9 Å². The highest BCUT2D eigenvalue weighted by Crippen LogP contribution is 2.28. The lowest BCUT2D eigenvalue weighted by molar-refractivity contribution is 0.0729. The van der Waals surface area contributed by atoms with Gasteiger partial charge in [0, 0.05) is 10.6 Å². The van der Waals surface area contributed by atoms with Crippen LogP contribution in [0.2, 0.25) is 5.02 Å². The molecule has 3 aromatic rings. The topological polar surface area (TPSA) is 101 Å². The molecule has 0 fully saturated rings. The molecule has 0 aliphatic rings. The third-order valence-electron chi connectivity index (χ3n) is 4.11. The minimum Gasteiger partial charge on any atom is -0.493 e. The van der Waals surface area contributed by atoms with E-state index in [4.69, 9.17) is 26.3 Å². The standard InChI is InChI=1S/C23H16ClN3O4/c1-30-21-11-16(14-26-27-22(28)17-8-5-15(13-25)6-9-17)7-10-20(21)31-23(29)18-3-2-4-19(24)12-18/h2-12,14H,1H3,(H,27,28)/b26-14-. The average molecular weight is 434 g/mol. The number of hydrogen-bond acceptors (Lipinski definition) is 6. The van der Waals surface area contributed by atoms with Gasteiger partial charge in [-0.3, -0.25) is 4.79 Å². The normalized spacial score (nSPS) is 10.4. The summed E-state index contributed by atoms with van der Waals surface area (Å²) in [5, 5.41) is 13.1. The average Bonchev–Trinajstić information content (AvgIpc) is 2.79. The van der Waals surface area contributed by atoms with Crippen LogP contribution in [0.1, 0.15) is 31.8 Å². The maximum atomic E-state index is 12.3. The molecule has 154 valence electrons. The number of hydrazone groups is 1. The molecule has 0 heterocycles. The molecule has 1 amide bonds. The van der Waals surface area contributed by atoms with E-state index in [-0.39, 0.29) is 5.75 Å². The number of nitriles is 1. The SMILES string of the molecule is COc1cc(/C=N\NC(=O)c2ccc(C#N)cc2)ccc1OC(=O)c1cccc(Cl)c1. The number of carbonyl (C=O) groups is 2. The van der Waals surface area contributed by atoms with Gasteiger partial charge in [-0.05, 0) is 66.2 Å². The zero-order valence-electron chi connectivity index (χ0n) is 16.3. The van der Waals surface area contributed by atoms with Crippen molar-refractivity contribution in [2.45, 2.75) is 0 Å². The van der Waals surface area contributed by atoms with Gasteiger partial charge in [-0.2, -0.15) is 10.4 Å². The Bertz CT molecular complexity index is 1180. The fourth-order valence-corrected chi connectivity index (χ4v) is 2.74. The lowest BCUT2D eigenvalue weighted by Gasteiger charge is -2.10. The molecule has 0 spiro atoms. The first-order valence-corrected chi connectivity index (χ1v) is 9.37. The quantitative estimate of drug-likeness (QED) is 0.271. The van der Waals surface area contributed by atoms with Gasteiger partial charge < -0.3 is 9.47 Å². The van der Waals surface area contributed by atoms with Gasteiger partial charge in [0.2, 0.25) is 0 Å². The van der Waals surface area contributed by atoms with Crippen molar-refractivity contribution in [3.63, 3.8) is 0 Å². The van der Waals surface area contributed by atoms with Gasteiger partial charge in [0.05, 0.1) is 30.5 Å². The first kappa shape index (κ1) is 21.6. The van der Waals surface area contributed by atoms with E-state index >= 15 is 0 Å². The minimum atomic E-state index is -0.572. The molecule has 0 aromatic heterocycles. The van der Waals surface area contributed by atoms with E-state index in [2.05, 4.69) is 10.5 Å². The van der Waals surface area contributed by atoms with Gasteiger partial charge in [-0.15, -0.1) is 0 Å². The maximum absolute atomic E-state index is 12.3. The third kappa shape index (κ3) is 5.69. The molecule has 0 atom stereocenters. The zero-order chi connectivity index (χ0) is 22.2. The van der Waals surface area contributed by atoms with E-state index in [0.717, 1.165) is 0 Å². The summed E-state index contributed by atoms with van der Waals surface area (Å²) in [6, 6.07) is 19.4. The predicted octanol–water partition coefficient (Wildman–Crippen LogP) is 4.20. The van der Waals surface area contributed by atoms with E-state index in [1.807, 2.05) is 6.07 Å². The summed E-state index contributed by atoms with van der Waals surface area (Å²) in [6.07, 6.45) is 1.42. The lowest BCUT2D eigenvalue weighted by atomic mass is 10.1. The number of amides is 1. The van der Waals surface area contributed by atoms with Crippen LogP contribution in [-0.2, 0) is 0 Å². The van der Waals surface area contributed by atoms with E-state index in [9.17, 15) is 9.59 Å². The smallest absolute Gasteiger partial charge is 0.343 e. The minimum absolute atomic E-state index is 0.228. The number of ether oxygens (including phenoxy) is 2. The molecule has 0 aliphatic heterocycles. The molecule has 0 saturated carbocycles. The van der Waals surface area contributed by atoms with Gasteiger partial charge >= 0.3 is 5.97 Å². The predicted molar refractivity (Wildman–Crippen MR) is 116 cm³/mol. The molecular formula is C23H16ClN3O4. The van der Waals surface area contributed by atoms with Crippen LogP contribution in [0.5, 0.6) is 11.5 Å². The van der Waals surface area contributed by atoms with E-state index in [1.165, 1.54) is 31.5 Å². The van der Waals surface area contributed by atoms with Gasteiger partial charge in [0.15, 0.2) is 11.5 Å².